The first kappa shape index (κ1) is 22.9. The molecule has 0 aliphatic carbocycles. The summed E-state index contributed by atoms with van der Waals surface area (Å²) in [4.78, 5) is 38.2. The number of hydrogen-bond donors (Lipinski definition) is 0. The van der Waals surface area contributed by atoms with E-state index in [-0.39, 0.29) is 18.7 Å². The molecule has 0 unspecified atom stereocenters. The second kappa shape index (κ2) is 9.06. The highest BCUT2D eigenvalue weighted by Crippen LogP contribution is 2.37. The first-order valence-electron chi connectivity index (χ1n) is 11.9. The number of rotatable bonds is 5. The van der Waals surface area contributed by atoms with Crippen LogP contribution >= 0.6 is 0 Å². The molecule has 5 rings (SSSR count). The summed E-state index contributed by atoms with van der Waals surface area (Å²) < 4.78 is 11.6. The molecule has 1 aliphatic rings. The number of carbonyl (C=O) groups excluding carboxylic acids is 2. The first-order valence-corrected chi connectivity index (χ1v) is 11.9. The third kappa shape index (κ3) is 4.22. The van der Waals surface area contributed by atoms with Crippen LogP contribution in [0.4, 0.5) is 0 Å². The van der Waals surface area contributed by atoms with Gasteiger partial charge in [-0.1, -0.05) is 30.3 Å². The number of carboxylic acid groups (broad SMARTS) is 1. The lowest BCUT2D eigenvalue weighted by molar-refractivity contribution is -0.312. The summed E-state index contributed by atoms with van der Waals surface area (Å²) in [5.74, 6) is -0.861. The van der Waals surface area contributed by atoms with E-state index in [0.29, 0.717) is 42.7 Å². The summed E-state index contributed by atoms with van der Waals surface area (Å²) in [6, 6.07) is 13.8. The summed E-state index contributed by atoms with van der Waals surface area (Å²) in [5.41, 5.74) is 3.98. The van der Waals surface area contributed by atoms with Crippen LogP contribution in [0.15, 0.2) is 56.1 Å². The number of furan rings is 1. The van der Waals surface area contributed by atoms with E-state index in [9.17, 15) is 19.5 Å². The Morgan fingerprint density at radius 2 is 1.69 bits per heavy atom. The molecule has 1 saturated heterocycles. The third-order valence-corrected chi connectivity index (χ3v) is 7.10. The van der Waals surface area contributed by atoms with Crippen LogP contribution in [0.2, 0.25) is 0 Å². The summed E-state index contributed by atoms with van der Waals surface area (Å²) >= 11 is 0. The summed E-state index contributed by atoms with van der Waals surface area (Å²) in [6.45, 7) is 4.58. The minimum absolute atomic E-state index is 0.0898. The molecular formula is C28H26NO6-. The van der Waals surface area contributed by atoms with Gasteiger partial charge in [-0.25, -0.2) is 4.79 Å². The van der Waals surface area contributed by atoms with E-state index in [0.717, 1.165) is 33.2 Å². The predicted octanol–water partition coefficient (Wildman–Crippen LogP) is 3.74. The Hall–Kier alpha value is -3.87. The van der Waals surface area contributed by atoms with Crippen LogP contribution in [-0.2, 0) is 16.0 Å². The van der Waals surface area contributed by atoms with Crippen molar-refractivity contribution < 1.29 is 23.5 Å². The zero-order chi connectivity index (χ0) is 24.7. The molecule has 1 amide bonds. The van der Waals surface area contributed by atoms with Crippen molar-refractivity contribution in [1.82, 2.24) is 4.90 Å². The maximum Gasteiger partial charge on any atom is 0.339 e. The number of amides is 1. The lowest BCUT2D eigenvalue weighted by Crippen LogP contribution is -2.43. The van der Waals surface area contributed by atoms with Crippen LogP contribution in [0.3, 0.4) is 0 Å². The van der Waals surface area contributed by atoms with Crippen molar-refractivity contribution in [2.45, 2.75) is 39.5 Å². The van der Waals surface area contributed by atoms with Gasteiger partial charge in [0.1, 0.15) is 16.9 Å². The first-order chi connectivity index (χ1) is 16.8. The molecule has 4 aromatic rings. The molecule has 0 bridgehead atoms. The Bertz CT molecular complexity index is 1490. The van der Waals surface area contributed by atoms with E-state index in [1.165, 1.54) is 0 Å². The van der Waals surface area contributed by atoms with E-state index < -0.39 is 17.5 Å². The maximum atomic E-state index is 12.8. The van der Waals surface area contributed by atoms with Gasteiger partial charge >= 0.3 is 5.63 Å². The number of nitrogens with zero attached hydrogens (tertiary/aromatic N) is 1. The lowest BCUT2D eigenvalue weighted by Gasteiger charge is -2.32. The second-order valence-electron chi connectivity index (χ2n) is 9.21. The molecule has 1 fully saturated rings. The van der Waals surface area contributed by atoms with Gasteiger partial charge in [0.25, 0.3) is 0 Å². The third-order valence-electron chi connectivity index (χ3n) is 7.10. The highest BCUT2D eigenvalue weighted by molar-refractivity contribution is 6.03. The van der Waals surface area contributed by atoms with Gasteiger partial charge in [0.05, 0.1) is 0 Å². The second-order valence-corrected chi connectivity index (χ2v) is 9.21. The Morgan fingerprint density at radius 1 is 1.00 bits per heavy atom. The van der Waals surface area contributed by atoms with Crippen LogP contribution in [0.25, 0.3) is 33.1 Å². The largest absolute Gasteiger partial charge is 0.550 e. The van der Waals surface area contributed by atoms with Crippen LogP contribution in [0, 0.1) is 19.8 Å². The number of benzene rings is 2. The van der Waals surface area contributed by atoms with Gasteiger partial charge in [-0.2, -0.15) is 0 Å². The topological polar surface area (TPSA) is 104 Å². The van der Waals surface area contributed by atoms with Crippen molar-refractivity contribution in [3.05, 3.63) is 69.8 Å². The average Bonchev–Trinajstić information content (AvgIpc) is 3.17. The number of aliphatic carboxylic acids is 1. The molecule has 0 atom stereocenters. The van der Waals surface area contributed by atoms with E-state index in [4.69, 9.17) is 8.83 Å². The van der Waals surface area contributed by atoms with Gasteiger partial charge in [-0.15, -0.1) is 0 Å². The monoisotopic (exact) mass is 472 g/mol. The van der Waals surface area contributed by atoms with Gasteiger partial charge in [0.15, 0.2) is 0 Å². The van der Waals surface area contributed by atoms with Crippen molar-refractivity contribution in [3.8, 4) is 11.1 Å². The van der Waals surface area contributed by atoms with Gasteiger partial charge in [-0.3, -0.25) is 4.79 Å². The summed E-state index contributed by atoms with van der Waals surface area (Å²) in [7, 11) is 0. The molecule has 7 nitrogen and oxygen atoms in total. The van der Waals surface area contributed by atoms with Crippen LogP contribution in [0.1, 0.15) is 36.1 Å². The van der Waals surface area contributed by atoms with E-state index >= 15 is 0 Å². The molecule has 35 heavy (non-hydrogen) atoms. The summed E-state index contributed by atoms with van der Waals surface area (Å²) in [5, 5.41) is 12.8. The van der Waals surface area contributed by atoms with Gasteiger partial charge in [0.2, 0.25) is 5.91 Å². The van der Waals surface area contributed by atoms with E-state index in [1.807, 2.05) is 50.2 Å². The Kier molecular flexibility index (Phi) is 5.93. The zero-order valence-electron chi connectivity index (χ0n) is 19.8. The number of hydrogen-bond acceptors (Lipinski definition) is 6. The van der Waals surface area contributed by atoms with Crippen molar-refractivity contribution in [2.75, 3.05) is 13.1 Å². The fourth-order valence-electron chi connectivity index (χ4n) is 5.11. The Morgan fingerprint density at radius 3 is 2.37 bits per heavy atom. The van der Waals surface area contributed by atoms with Crippen molar-refractivity contribution in [2.24, 2.45) is 5.92 Å². The number of likely N-dealkylation sites (tertiary alicyclic amines) is 1. The number of aryl methyl sites for hydroxylation is 2. The number of carbonyl (C=O) groups is 2. The van der Waals surface area contributed by atoms with E-state index in [1.54, 1.807) is 11.0 Å². The summed E-state index contributed by atoms with van der Waals surface area (Å²) in [6.07, 6.45) is 1.22. The zero-order valence-corrected chi connectivity index (χ0v) is 19.8. The fourth-order valence-corrected chi connectivity index (χ4v) is 5.11. The highest BCUT2D eigenvalue weighted by atomic mass is 16.4. The number of carboxylic acids is 1. The Balaban J connectivity index is 1.44. The fraction of sp³-hybridized carbons (Fsp3) is 0.321. The Labute approximate surface area is 201 Å². The molecule has 7 heteroatoms. The number of fused-ring (bicyclic) bond motifs is 2. The normalized spacial score (nSPS) is 14.6. The van der Waals surface area contributed by atoms with E-state index in [2.05, 4.69) is 0 Å². The molecule has 2 aromatic heterocycles. The quantitative estimate of drug-likeness (QED) is 0.410. The SMILES string of the molecule is Cc1oc2cc3oc(=O)c(CCC(=O)N4CCC(C(=O)[O-])CC4)c(C)c3cc2c1-c1ccccc1. The predicted molar refractivity (Wildman–Crippen MR) is 130 cm³/mol. The molecule has 0 N–H and O–H groups in total. The minimum Gasteiger partial charge on any atom is -0.550 e. The molecule has 0 saturated carbocycles. The van der Waals surface area contributed by atoms with Crippen molar-refractivity contribution in [1.29, 1.82) is 0 Å². The van der Waals surface area contributed by atoms with Crippen LogP contribution < -0.4 is 10.7 Å². The minimum atomic E-state index is -1.06. The molecule has 0 spiro atoms. The highest BCUT2D eigenvalue weighted by Gasteiger charge is 2.24. The van der Waals surface area contributed by atoms with Crippen molar-refractivity contribution >= 4 is 33.8 Å². The molecule has 0 radical (unpaired) electrons. The van der Waals surface area contributed by atoms with Gasteiger partial charge in [-0.05, 0) is 50.3 Å². The lowest BCUT2D eigenvalue weighted by atomic mass is 9.96. The van der Waals surface area contributed by atoms with Crippen LogP contribution in [-0.4, -0.2) is 29.9 Å². The molecule has 3 heterocycles. The molecule has 2 aromatic carbocycles. The molecular weight excluding hydrogens is 446 g/mol. The van der Waals surface area contributed by atoms with Crippen molar-refractivity contribution in [3.63, 3.8) is 0 Å². The van der Waals surface area contributed by atoms with Crippen LogP contribution in [0.5, 0.6) is 0 Å². The molecule has 1 aliphatic heterocycles. The number of piperidine rings is 1. The molecule has 180 valence electrons. The van der Waals surface area contributed by atoms with Gasteiger partial charge < -0.3 is 23.6 Å². The standard InChI is InChI=1S/C28H27NO6/c1-16-20(8-9-25(30)29-12-10-19(11-13-29)27(31)32)28(33)35-23-15-24-22(14-21(16)23)26(17(2)34-24)18-6-4-3-5-7-18/h3-7,14-15,19H,8-13H2,1-2H3,(H,31,32)/p-1. The maximum absolute atomic E-state index is 12.8. The van der Waals surface area contributed by atoms with Gasteiger partial charge in [0, 0.05) is 59.4 Å². The smallest absolute Gasteiger partial charge is 0.339 e. The average molecular weight is 473 g/mol.